The van der Waals surface area contributed by atoms with Crippen LogP contribution in [0.1, 0.15) is 12.8 Å². The molecule has 1 N–H and O–H groups in total. The van der Waals surface area contributed by atoms with Crippen molar-refractivity contribution in [1.82, 2.24) is 0 Å². The lowest BCUT2D eigenvalue weighted by Crippen LogP contribution is -2.24. The van der Waals surface area contributed by atoms with Crippen molar-refractivity contribution in [3.8, 4) is 0 Å². The van der Waals surface area contributed by atoms with Crippen LogP contribution < -0.4 is 10.4 Å². The van der Waals surface area contributed by atoms with E-state index in [0.29, 0.717) is 10.7 Å². The fourth-order valence-electron chi connectivity index (χ4n) is 1.01. The number of hydrogen-bond acceptors (Lipinski definition) is 3. The van der Waals surface area contributed by atoms with Crippen molar-refractivity contribution in [3.05, 3.63) is 27.7 Å². The number of hydrogen-bond donors (Lipinski definition) is 1. The predicted molar refractivity (Wildman–Crippen MR) is 62.0 cm³/mol. The van der Waals surface area contributed by atoms with E-state index in [2.05, 4.69) is 21.2 Å². The minimum Gasteiger partial charge on any atom is -0.550 e. The molecule has 0 fully saturated rings. The van der Waals surface area contributed by atoms with Gasteiger partial charge in [-0.1, -0.05) is 11.6 Å². The first-order valence-electron chi connectivity index (χ1n) is 4.44. The highest BCUT2D eigenvalue weighted by atomic mass is 79.9. The van der Waals surface area contributed by atoms with Crippen molar-refractivity contribution < 1.29 is 14.7 Å². The zero-order chi connectivity index (χ0) is 12.1. The topological polar surface area (TPSA) is 69.2 Å². The van der Waals surface area contributed by atoms with Crippen molar-refractivity contribution in [2.45, 2.75) is 12.8 Å². The second kappa shape index (κ2) is 5.86. The summed E-state index contributed by atoms with van der Waals surface area (Å²) in [6, 6.07) is 4.92. The summed E-state index contributed by atoms with van der Waals surface area (Å²) >= 11 is 9.04. The van der Waals surface area contributed by atoms with Gasteiger partial charge in [0.1, 0.15) is 0 Å². The number of benzene rings is 1. The minimum absolute atomic E-state index is 0.115. The average molecular weight is 306 g/mol. The van der Waals surface area contributed by atoms with Gasteiger partial charge in [-0.3, -0.25) is 4.79 Å². The van der Waals surface area contributed by atoms with E-state index in [4.69, 9.17) is 11.6 Å². The first-order valence-corrected chi connectivity index (χ1v) is 5.61. The molecule has 0 saturated carbocycles. The van der Waals surface area contributed by atoms with E-state index in [0.717, 1.165) is 4.47 Å². The molecule has 0 unspecified atom stereocenters. The molecule has 1 aromatic carbocycles. The van der Waals surface area contributed by atoms with Crippen LogP contribution in [0.15, 0.2) is 22.7 Å². The van der Waals surface area contributed by atoms with Crippen LogP contribution in [0.5, 0.6) is 0 Å². The molecule has 4 nitrogen and oxygen atoms in total. The van der Waals surface area contributed by atoms with Gasteiger partial charge < -0.3 is 15.2 Å². The largest absolute Gasteiger partial charge is 0.550 e. The number of carbonyl (C=O) groups is 2. The molecule has 0 saturated heterocycles. The van der Waals surface area contributed by atoms with Gasteiger partial charge in [0.2, 0.25) is 5.91 Å². The number of amides is 1. The van der Waals surface area contributed by atoms with Gasteiger partial charge in [-0.05, 0) is 40.5 Å². The summed E-state index contributed by atoms with van der Waals surface area (Å²) in [5, 5.41) is 13.1. The molecule has 0 aliphatic heterocycles. The molecule has 0 aliphatic rings. The van der Waals surface area contributed by atoms with Gasteiger partial charge in [-0.25, -0.2) is 0 Å². The second-order valence-corrected chi connectivity index (χ2v) is 4.31. The summed E-state index contributed by atoms with van der Waals surface area (Å²) in [5.41, 5.74) is 0.525. The van der Waals surface area contributed by atoms with Crippen LogP contribution in [0.25, 0.3) is 0 Å². The smallest absolute Gasteiger partial charge is 0.224 e. The zero-order valence-electron chi connectivity index (χ0n) is 8.13. The molecule has 6 heteroatoms. The van der Waals surface area contributed by atoms with Gasteiger partial charge in [-0.15, -0.1) is 0 Å². The Balaban J connectivity index is 2.56. The fraction of sp³-hybridized carbons (Fsp3) is 0.200. The van der Waals surface area contributed by atoms with Crippen LogP contribution in [-0.2, 0) is 9.59 Å². The molecule has 0 radical (unpaired) electrons. The Morgan fingerprint density at radius 3 is 2.62 bits per heavy atom. The number of anilines is 1. The Morgan fingerprint density at radius 1 is 1.38 bits per heavy atom. The summed E-state index contributed by atoms with van der Waals surface area (Å²) in [6.07, 6.45) is -0.411. The second-order valence-electron chi connectivity index (χ2n) is 3.05. The van der Waals surface area contributed by atoms with Gasteiger partial charge >= 0.3 is 0 Å². The lowest BCUT2D eigenvalue weighted by atomic mass is 10.2. The molecular formula is C10H8BrClNO3-. The molecule has 0 spiro atoms. The van der Waals surface area contributed by atoms with Crippen LogP contribution in [0, 0.1) is 0 Å². The van der Waals surface area contributed by atoms with Gasteiger partial charge in [0.05, 0.1) is 5.02 Å². The minimum atomic E-state index is -1.25. The Morgan fingerprint density at radius 2 is 2.06 bits per heavy atom. The van der Waals surface area contributed by atoms with E-state index < -0.39 is 5.97 Å². The molecule has 86 valence electrons. The summed E-state index contributed by atoms with van der Waals surface area (Å²) in [7, 11) is 0. The van der Waals surface area contributed by atoms with Crippen LogP contribution in [-0.4, -0.2) is 11.9 Å². The number of nitrogens with one attached hydrogen (secondary N) is 1. The summed E-state index contributed by atoms with van der Waals surface area (Å²) < 4.78 is 0.724. The highest BCUT2D eigenvalue weighted by molar-refractivity contribution is 9.10. The molecular weight excluding hydrogens is 297 g/mol. The predicted octanol–water partition coefficient (Wildman–Crippen LogP) is 1.57. The third-order valence-electron chi connectivity index (χ3n) is 1.76. The van der Waals surface area contributed by atoms with Crippen molar-refractivity contribution in [2.24, 2.45) is 0 Å². The Labute approximate surface area is 106 Å². The van der Waals surface area contributed by atoms with Crippen molar-refractivity contribution in [3.63, 3.8) is 0 Å². The van der Waals surface area contributed by atoms with Crippen molar-refractivity contribution in [2.75, 3.05) is 5.32 Å². The number of aliphatic carboxylic acids is 1. The Bertz CT molecular complexity index is 423. The van der Waals surface area contributed by atoms with E-state index in [1.54, 1.807) is 18.2 Å². The molecule has 0 bridgehead atoms. The van der Waals surface area contributed by atoms with Gasteiger partial charge in [0.25, 0.3) is 0 Å². The van der Waals surface area contributed by atoms with Crippen molar-refractivity contribution >= 4 is 45.1 Å². The maximum Gasteiger partial charge on any atom is 0.224 e. The number of halogens is 2. The lowest BCUT2D eigenvalue weighted by Gasteiger charge is -2.06. The fourth-order valence-corrected chi connectivity index (χ4v) is 1.44. The molecule has 16 heavy (non-hydrogen) atoms. The van der Waals surface area contributed by atoms with Crippen LogP contribution in [0.2, 0.25) is 5.02 Å². The number of carboxylic acids is 1. The Kier molecular flexibility index (Phi) is 4.76. The third-order valence-corrected chi connectivity index (χ3v) is 2.99. The zero-order valence-corrected chi connectivity index (χ0v) is 10.5. The van der Waals surface area contributed by atoms with E-state index in [1.807, 2.05) is 0 Å². The van der Waals surface area contributed by atoms with Gasteiger partial charge in [-0.2, -0.15) is 0 Å². The Hall–Kier alpha value is -1.07. The van der Waals surface area contributed by atoms with Crippen LogP contribution in [0.3, 0.4) is 0 Å². The summed E-state index contributed by atoms with van der Waals surface area (Å²) in [5.74, 6) is -1.63. The normalized spacial score (nSPS) is 9.88. The van der Waals surface area contributed by atoms with Gasteiger partial charge in [0.15, 0.2) is 0 Å². The molecule has 1 rings (SSSR count). The van der Waals surface area contributed by atoms with Crippen LogP contribution >= 0.6 is 27.5 Å². The van der Waals surface area contributed by atoms with Gasteiger partial charge in [0, 0.05) is 22.6 Å². The van der Waals surface area contributed by atoms with Crippen LogP contribution in [0.4, 0.5) is 5.69 Å². The standard InChI is InChI=1S/C10H9BrClNO3/c11-7-2-1-6(5-8(7)12)13-9(14)3-4-10(15)16/h1-2,5H,3-4H2,(H,13,14)(H,15,16)/p-1. The van der Waals surface area contributed by atoms with Crippen molar-refractivity contribution in [1.29, 1.82) is 0 Å². The van der Waals surface area contributed by atoms with E-state index in [1.165, 1.54) is 0 Å². The van der Waals surface area contributed by atoms with E-state index in [9.17, 15) is 14.7 Å². The highest BCUT2D eigenvalue weighted by Crippen LogP contribution is 2.25. The SMILES string of the molecule is O=C([O-])CCC(=O)Nc1ccc(Br)c(Cl)c1. The molecule has 1 aromatic rings. The number of carbonyl (C=O) groups excluding carboxylic acids is 2. The monoisotopic (exact) mass is 304 g/mol. The molecule has 0 aromatic heterocycles. The molecule has 0 heterocycles. The summed E-state index contributed by atoms with van der Waals surface area (Å²) in [6.45, 7) is 0. The highest BCUT2D eigenvalue weighted by Gasteiger charge is 2.04. The maximum atomic E-state index is 11.3. The molecule has 1 amide bonds. The number of carboxylic acid groups (broad SMARTS) is 1. The lowest BCUT2D eigenvalue weighted by molar-refractivity contribution is -0.305. The molecule has 0 atom stereocenters. The average Bonchev–Trinajstić information content (AvgIpc) is 2.21. The quantitative estimate of drug-likeness (QED) is 0.918. The maximum absolute atomic E-state index is 11.3. The first kappa shape index (κ1) is 13.0. The van der Waals surface area contributed by atoms with E-state index in [-0.39, 0.29) is 18.7 Å². The summed E-state index contributed by atoms with van der Waals surface area (Å²) in [4.78, 5) is 21.4. The van der Waals surface area contributed by atoms with E-state index >= 15 is 0 Å². The first-order chi connectivity index (χ1) is 7.49. The number of rotatable bonds is 4. The molecule has 0 aliphatic carbocycles. The third kappa shape index (κ3) is 4.20.